The Bertz CT molecular complexity index is 337. The summed E-state index contributed by atoms with van der Waals surface area (Å²) in [4.78, 5) is 11.4. The highest BCUT2D eigenvalue weighted by molar-refractivity contribution is 5.75. The lowest BCUT2D eigenvalue weighted by atomic mass is 10.2. The Balaban J connectivity index is 2.48. The van der Waals surface area contributed by atoms with Crippen molar-refractivity contribution in [2.75, 3.05) is 6.54 Å². The molecule has 0 aromatic carbocycles. The quantitative estimate of drug-likeness (QED) is 0.728. The molecule has 0 saturated heterocycles. The van der Waals surface area contributed by atoms with Gasteiger partial charge in [-0.1, -0.05) is 19.1 Å². The SMILES string of the molecule is CCCNC(=O)Cn1cc(C(O)CC)nn1. The smallest absolute Gasteiger partial charge is 0.241 e. The molecule has 2 N–H and O–H groups in total. The molecule has 90 valence electrons. The van der Waals surface area contributed by atoms with E-state index in [1.165, 1.54) is 4.68 Å². The van der Waals surface area contributed by atoms with Crippen LogP contribution in [0.3, 0.4) is 0 Å². The number of carbonyl (C=O) groups is 1. The van der Waals surface area contributed by atoms with Crippen molar-refractivity contribution < 1.29 is 9.90 Å². The minimum absolute atomic E-state index is 0.0933. The van der Waals surface area contributed by atoms with E-state index in [0.29, 0.717) is 18.7 Å². The number of aliphatic hydroxyl groups is 1. The molecule has 0 aliphatic rings. The van der Waals surface area contributed by atoms with Gasteiger partial charge < -0.3 is 10.4 Å². The molecule has 6 heteroatoms. The number of carbonyl (C=O) groups excluding carboxylic acids is 1. The predicted octanol–water partition coefficient (Wildman–Crippen LogP) is 0.248. The van der Waals surface area contributed by atoms with Gasteiger partial charge in [-0.3, -0.25) is 4.79 Å². The van der Waals surface area contributed by atoms with Gasteiger partial charge in [-0.2, -0.15) is 0 Å². The fourth-order valence-electron chi connectivity index (χ4n) is 1.22. The van der Waals surface area contributed by atoms with E-state index in [0.717, 1.165) is 6.42 Å². The van der Waals surface area contributed by atoms with Crippen molar-refractivity contribution in [1.82, 2.24) is 20.3 Å². The molecule has 1 amide bonds. The highest BCUT2D eigenvalue weighted by Gasteiger charge is 2.10. The van der Waals surface area contributed by atoms with Crippen LogP contribution >= 0.6 is 0 Å². The number of hydrogen-bond donors (Lipinski definition) is 2. The average Bonchev–Trinajstić information content (AvgIpc) is 2.73. The summed E-state index contributed by atoms with van der Waals surface area (Å²) in [5.74, 6) is -0.0933. The van der Waals surface area contributed by atoms with Crippen molar-refractivity contribution in [2.45, 2.75) is 39.3 Å². The highest BCUT2D eigenvalue weighted by atomic mass is 16.3. The van der Waals surface area contributed by atoms with Crippen LogP contribution in [-0.4, -0.2) is 32.6 Å². The van der Waals surface area contributed by atoms with E-state index in [2.05, 4.69) is 15.6 Å². The minimum Gasteiger partial charge on any atom is -0.387 e. The number of nitrogens with one attached hydrogen (secondary N) is 1. The van der Waals surface area contributed by atoms with Crippen molar-refractivity contribution in [3.63, 3.8) is 0 Å². The molecule has 0 saturated carbocycles. The highest BCUT2D eigenvalue weighted by Crippen LogP contribution is 2.11. The Morgan fingerprint density at radius 1 is 1.62 bits per heavy atom. The standard InChI is InChI=1S/C10H18N4O2/c1-3-5-11-10(16)7-14-6-8(12-13-14)9(15)4-2/h6,9,15H,3-5,7H2,1-2H3,(H,11,16). The molecule has 0 fully saturated rings. The number of amides is 1. The number of aromatic nitrogens is 3. The molecule has 0 bridgehead atoms. The van der Waals surface area contributed by atoms with Gasteiger partial charge in [0.1, 0.15) is 12.2 Å². The molecule has 0 radical (unpaired) electrons. The zero-order chi connectivity index (χ0) is 12.0. The van der Waals surface area contributed by atoms with Crippen LogP contribution in [0.25, 0.3) is 0 Å². The summed E-state index contributed by atoms with van der Waals surface area (Å²) >= 11 is 0. The van der Waals surface area contributed by atoms with Gasteiger partial charge in [0.05, 0.1) is 12.3 Å². The second-order valence-electron chi connectivity index (χ2n) is 3.61. The van der Waals surface area contributed by atoms with Crippen LogP contribution in [0.4, 0.5) is 0 Å². The Morgan fingerprint density at radius 2 is 2.38 bits per heavy atom. The zero-order valence-electron chi connectivity index (χ0n) is 9.68. The third-order valence-electron chi connectivity index (χ3n) is 2.16. The Labute approximate surface area is 94.7 Å². The van der Waals surface area contributed by atoms with Crippen LogP contribution in [0.5, 0.6) is 0 Å². The first kappa shape index (κ1) is 12.6. The molecule has 1 unspecified atom stereocenters. The molecule has 0 aliphatic carbocycles. The maximum atomic E-state index is 11.4. The van der Waals surface area contributed by atoms with E-state index < -0.39 is 6.10 Å². The molecule has 0 spiro atoms. The van der Waals surface area contributed by atoms with Gasteiger partial charge >= 0.3 is 0 Å². The van der Waals surface area contributed by atoms with E-state index in [4.69, 9.17) is 0 Å². The first-order valence-electron chi connectivity index (χ1n) is 5.52. The van der Waals surface area contributed by atoms with Gasteiger partial charge in [0.25, 0.3) is 0 Å². The normalized spacial score (nSPS) is 12.4. The average molecular weight is 226 g/mol. The van der Waals surface area contributed by atoms with Crippen LogP contribution < -0.4 is 5.32 Å². The van der Waals surface area contributed by atoms with Gasteiger partial charge in [-0.25, -0.2) is 4.68 Å². The third-order valence-corrected chi connectivity index (χ3v) is 2.16. The lowest BCUT2D eigenvalue weighted by molar-refractivity contribution is -0.121. The lowest BCUT2D eigenvalue weighted by Crippen LogP contribution is -2.28. The number of rotatable bonds is 6. The fourth-order valence-corrected chi connectivity index (χ4v) is 1.22. The van der Waals surface area contributed by atoms with Crippen LogP contribution in [0, 0.1) is 0 Å². The molecule has 1 rings (SSSR count). The predicted molar refractivity (Wildman–Crippen MR) is 58.6 cm³/mol. The number of aliphatic hydroxyl groups excluding tert-OH is 1. The van der Waals surface area contributed by atoms with Crippen molar-refractivity contribution in [3.05, 3.63) is 11.9 Å². The second kappa shape index (κ2) is 6.22. The zero-order valence-corrected chi connectivity index (χ0v) is 9.68. The fraction of sp³-hybridized carbons (Fsp3) is 0.700. The van der Waals surface area contributed by atoms with Gasteiger partial charge in [-0.15, -0.1) is 5.10 Å². The molecule has 1 aromatic rings. The van der Waals surface area contributed by atoms with Crippen LogP contribution in [-0.2, 0) is 11.3 Å². The summed E-state index contributed by atoms with van der Waals surface area (Å²) < 4.78 is 1.43. The van der Waals surface area contributed by atoms with Crippen molar-refractivity contribution in [3.8, 4) is 0 Å². The molecule has 16 heavy (non-hydrogen) atoms. The summed E-state index contributed by atoms with van der Waals surface area (Å²) in [5, 5.41) is 19.8. The molecular weight excluding hydrogens is 208 g/mol. The van der Waals surface area contributed by atoms with Gasteiger partial charge in [-0.05, 0) is 12.8 Å². The summed E-state index contributed by atoms with van der Waals surface area (Å²) in [6, 6.07) is 0. The topological polar surface area (TPSA) is 80.0 Å². The molecule has 1 heterocycles. The first-order chi connectivity index (χ1) is 7.67. The van der Waals surface area contributed by atoms with Crippen LogP contribution in [0.1, 0.15) is 38.5 Å². The Morgan fingerprint density at radius 3 is 3.00 bits per heavy atom. The lowest BCUT2D eigenvalue weighted by Gasteiger charge is -2.02. The number of hydrogen-bond acceptors (Lipinski definition) is 4. The van der Waals surface area contributed by atoms with Crippen molar-refractivity contribution in [1.29, 1.82) is 0 Å². The van der Waals surface area contributed by atoms with E-state index in [1.54, 1.807) is 6.20 Å². The minimum atomic E-state index is -0.604. The van der Waals surface area contributed by atoms with Crippen molar-refractivity contribution in [2.24, 2.45) is 0 Å². The summed E-state index contributed by atoms with van der Waals surface area (Å²) in [6.45, 7) is 4.66. The monoisotopic (exact) mass is 226 g/mol. The number of nitrogens with zero attached hydrogens (tertiary/aromatic N) is 3. The second-order valence-corrected chi connectivity index (χ2v) is 3.61. The summed E-state index contributed by atoms with van der Waals surface area (Å²) in [5.41, 5.74) is 0.505. The molecule has 1 atom stereocenters. The van der Waals surface area contributed by atoms with Gasteiger partial charge in [0, 0.05) is 6.54 Å². The molecule has 6 nitrogen and oxygen atoms in total. The summed E-state index contributed by atoms with van der Waals surface area (Å²) in [7, 11) is 0. The molecule has 1 aromatic heterocycles. The van der Waals surface area contributed by atoms with E-state index >= 15 is 0 Å². The van der Waals surface area contributed by atoms with Gasteiger partial charge in [0.2, 0.25) is 5.91 Å². The summed E-state index contributed by atoms with van der Waals surface area (Å²) in [6.07, 6.45) is 2.48. The first-order valence-corrected chi connectivity index (χ1v) is 5.52. The van der Waals surface area contributed by atoms with Crippen LogP contribution in [0.15, 0.2) is 6.20 Å². The van der Waals surface area contributed by atoms with E-state index in [9.17, 15) is 9.90 Å². The Hall–Kier alpha value is -1.43. The van der Waals surface area contributed by atoms with E-state index in [1.807, 2.05) is 13.8 Å². The van der Waals surface area contributed by atoms with Crippen LogP contribution in [0.2, 0.25) is 0 Å². The third kappa shape index (κ3) is 3.62. The molecular formula is C10H18N4O2. The molecule has 0 aliphatic heterocycles. The maximum Gasteiger partial charge on any atom is 0.241 e. The Kier molecular flexibility index (Phi) is 4.91. The van der Waals surface area contributed by atoms with Gasteiger partial charge in [0.15, 0.2) is 0 Å². The van der Waals surface area contributed by atoms with E-state index in [-0.39, 0.29) is 12.5 Å². The maximum absolute atomic E-state index is 11.4. The largest absolute Gasteiger partial charge is 0.387 e. The van der Waals surface area contributed by atoms with Crippen molar-refractivity contribution >= 4 is 5.91 Å².